The lowest BCUT2D eigenvalue weighted by atomic mass is 9.88. The Morgan fingerprint density at radius 1 is 1.35 bits per heavy atom. The van der Waals surface area contributed by atoms with Gasteiger partial charge in [-0.1, -0.05) is 27.4 Å². The molecule has 1 aliphatic heterocycles. The normalized spacial score (nSPS) is 27.4. The van der Waals surface area contributed by atoms with E-state index >= 15 is 0 Å². The first-order chi connectivity index (χ1) is 7.76. The maximum Gasteiger partial charge on any atom is 0.259 e. The van der Waals surface area contributed by atoms with Gasteiger partial charge in [0.25, 0.3) is 6.69 Å². The Labute approximate surface area is 115 Å². The van der Waals surface area contributed by atoms with Gasteiger partial charge in [-0.2, -0.15) is 0 Å². The van der Waals surface area contributed by atoms with Gasteiger partial charge in [-0.3, -0.25) is 0 Å². The molecule has 2 atom stereocenters. The maximum atomic E-state index is 6.39. The maximum absolute atomic E-state index is 6.39. The Morgan fingerprint density at radius 2 is 2.00 bits per heavy atom. The Bertz CT molecular complexity index is 264. The number of halogens is 2. The zero-order valence-electron chi connectivity index (χ0n) is 10.8. The predicted molar refractivity (Wildman–Crippen MR) is 76.0 cm³/mol. The quantitative estimate of drug-likeness (QED) is 0.315. The fourth-order valence-electron chi connectivity index (χ4n) is 2.12. The number of rotatable bonds is 6. The zero-order chi connectivity index (χ0) is 13.1. The van der Waals surface area contributed by atoms with Crippen molar-refractivity contribution >= 4 is 28.9 Å². The topological polar surface area (TPSA) is 18.5 Å². The van der Waals surface area contributed by atoms with Crippen LogP contribution < -0.4 is 0 Å². The molecule has 1 fully saturated rings. The van der Waals surface area contributed by atoms with Crippen molar-refractivity contribution < 1.29 is 9.47 Å². The average molecular weight is 297 g/mol. The van der Waals surface area contributed by atoms with Gasteiger partial charge in [-0.05, 0) is 17.9 Å². The summed E-state index contributed by atoms with van der Waals surface area (Å²) in [6.45, 7) is 9.17. The van der Waals surface area contributed by atoms with Crippen molar-refractivity contribution in [1.29, 1.82) is 0 Å². The molecule has 0 saturated carbocycles. The van der Waals surface area contributed by atoms with E-state index < -0.39 is 6.69 Å². The van der Waals surface area contributed by atoms with Crippen LogP contribution in [-0.4, -0.2) is 26.0 Å². The van der Waals surface area contributed by atoms with E-state index in [0.717, 1.165) is 12.5 Å². The van der Waals surface area contributed by atoms with E-state index in [-0.39, 0.29) is 11.5 Å². The smallest absolute Gasteiger partial charge is 0.259 e. The monoisotopic (exact) mass is 296 g/mol. The second kappa shape index (κ2) is 5.96. The van der Waals surface area contributed by atoms with E-state index in [9.17, 15) is 0 Å². The highest BCUT2D eigenvalue weighted by Gasteiger charge is 2.56. The summed E-state index contributed by atoms with van der Waals surface area (Å²) in [5, 5.41) is 0. The largest absolute Gasteiger partial charge is 0.499 e. The minimum atomic E-state index is -2.06. The van der Waals surface area contributed by atoms with Crippen LogP contribution in [0.4, 0.5) is 0 Å². The minimum absolute atomic E-state index is 0.212. The third-order valence-corrected chi connectivity index (χ3v) is 8.16. The summed E-state index contributed by atoms with van der Waals surface area (Å²) in [6, 6.07) is 0.838. The van der Waals surface area contributed by atoms with Crippen molar-refractivity contribution in [3.63, 3.8) is 0 Å². The molecule has 0 radical (unpaired) electrons. The van der Waals surface area contributed by atoms with Gasteiger partial charge in [-0.15, -0.1) is 22.2 Å². The van der Waals surface area contributed by atoms with Gasteiger partial charge < -0.3 is 9.47 Å². The number of ether oxygens (including phenoxy) is 2. The van der Waals surface area contributed by atoms with Gasteiger partial charge in [0.05, 0.1) is 19.0 Å². The molecule has 0 amide bonds. The van der Waals surface area contributed by atoms with Crippen molar-refractivity contribution in [2.75, 3.05) is 13.2 Å². The van der Waals surface area contributed by atoms with Gasteiger partial charge in [0.2, 0.25) is 0 Å². The molecule has 2 unspecified atom stereocenters. The van der Waals surface area contributed by atoms with Gasteiger partial charge in [0.1, 0.15) is 6.61 Å². The summed E-state index contributed by atoms with van der Waals surface area (Å²) in [4.78, 5) is 0. The minimum Gasteiger partial charge on any atom is -0.499 e. The predicted octanol–water partition coefficient (Wildman–Crippen LogP) is 4.27. The molecule has 100 valence electrons. The SMILES string of the molecule is C=COCCOC1C[Si](Cl)(Cl)C1CC(C)(C)C. The van der Waals surface area contributed by atoms with E-state index in [1.54, 1.807) is 0 Å². The van der Waals surface area contributed by atoms with Crippen molar-refractivity contribution in [2.45, 2.75) is 44.9 Å². The van der Waals surface area contributed by atoms with E-state index in [0.29, 0.717) is 18.8 Å². The van der Waals surface area contributed by atoms with Crippen molar-refractivity contribution in [3.8, 4) is 0 Å². The van der Waals surface area contributed by atoms with E-state index in [2.05, 4.69) is 27.4 Å². The Balaban J connectivity index is 2.38. The van der Waals surface area contributed by atoms with Gasteiger partial charge in [-0.25, -0.2) is 0 Å². The fourth-order valence-corrected chi connectivity index (χ4v) is 6.81. The summed E-state index contributed by atoms with van der Waals surface area (Å²) < 4.78 is 10.8. The van der Waals surface area contributed by atoms with E-state index in [1.165, 1.54) is 6.26 Å². The molecule has 2 nitrogen and oxygen atoms in total. The third-order valence-electron chi connectivity index (χ3n) is 2.95. The summed E-state index contributed by atoms with van der Waals surface area (Å²) in [5.41, 5.74) is 0.585. The molecule has 5 heteroatoms. The molecule has 1 saturated heterocycles. The third kappa shape index (κ3) is 4.82. The molecular weight excluding hydrogens is 275 g/mol. The molecular formula is C12H22Cl2O2Si. The van der Waals surface area contributed by atoms with Crippen LogP contribution in [0, 0.1) is 5.41 Å². The van der Waals surface area contributed by atoms with Crippen LogP contribution >= 0.6 is 22.2 Å². The average Bonchev–Trinajstić information content (AvgIpc) is 2.18. The van der Waals surface area contributed by atoms with Crippen LogP contribution in [0.25, 0.3) is 0 Å². The first-order valence-electron chi connectivity index (χ1n) is 5.98. The van der Waals surface area contributed by atoms with Gasteiger partial charge in [0.15, 0.2) is 0 Å². The van der Waals surface area contributed by atoms with Crippen molar-refractivity contribution in [2.24, 2.45) is 5.41 Å². The standard InChI is InChI=1S/C12H22Cl2O2Si/c1-5-15-6-7-16-10-9-17(13,14)11(10)8-12(2,3)4/h5,10-11H,1,6-9H2,2-4H3. The highest BCUT2D eigenvalue weighted by Crippen LogP contribution is 2.54. The second-order valence-corrected chi connectivity index (χ2v) is 13.1. The van der Waals surface area contributed by atoms with Crippen LogP contribution in [0.15, 0.2) is 12.8 Å². The second-order valence-electron chi connectivity index (χ2n) is 5.78. The molecule has 1 aliphatic rings. The van der Waals surface area contributed by atoms with Crippen LogP contribution in [-0.2, 0) is 9.47 Å². The lowest BCUT2D eigenvalue weighted by molar-refractivity contribution is 0.0125. The lowest BCUT2D eigenvalue weighted by Gasteiger charge is -2.47. The highest BCUT2D eigenvalue weighted by molar-refractivity contribution is 7.47. The van der Waals surface area contributed by atoms with Crippen LogP contribution in [0.1, 0.15) is 27.2 Å². The summed E-state index contributed by atoms with van der Waals surface area (Å²) in [6.07, 6.45) is 2.67. The van der Waals surface area contributed by atoms with Crippen LogP contribution in [0.5, 0.6) is 0 Å². The molecule has 0 aromatic heterocycles. The first-order valence-corrected chi connectivity index (χ1v) is 10.3. The Morgan fingerprint density at radius 3 is 2.47 bits per heavy atom. The van der Waals surface area contributed by atoms with Crippen LogP contribution in [0.3, 0.4) is 0 Å². The Hall–Kier alpha value is 0.297. The first kappa shape index (κ1) is 15.4. The zero-order valence-corrected chi connectivity index (χ0v) is 13.4. The van der Waals surface area contributed by atoms with Crippen molar-refractivity contribution in [3.05, 3.63) is 12.8 Å². The molecule has 1 heterocycles. The molecule has 0 bridgehead atoms. The molecule has 0 aromatic carbocycles. The van der Waals surface area contributed by atoms with E-state index in [4.69, 9.17) is 31.6 Å². The van der Waals surface area contributed by atoms with E-state index in [1.807, 2.05) is 0 Å². The summed E-state index contributed by atoms with van der Waals surface area (Å²) in [7, 11) is 0. The molecule has 0 aromatic rings. The Kier molecular flexibility index (Phi) is 5.38. The van der Waals surface area contributed by atoms with Gasteiger partial charge in [0, 0.05) is 5.54 Å². The number of hydrogen-bond donors (Lipinski definition) is 0. The molecule has 0 aliphatic carbocycles. The molecule has 0 spiro atoms. The van der Waals surface area contributed by atoms with Crippen LogP contribution in [0.2, 0.25) is 11.6 Å². The summed E-state index contributed by atoms with van der Waals surface area (Å²) >= 11 is 12.8. The summed E-state index contributed by atoms with van der Waals surface area (Å²) in [5.74, 6) is 0. The highest BCUT2D eigenvalue weighted by atomic mass is 35.7. The molecule has 1 rings (SSSR count). The lowest BCUT2D eigenvalue weighted by Crippen LogP contribution is -2.51. The molecule has 17 heavy (non-hydrogen) atoms. The van der Waals surface area contributed by atoms with Gasteiger partial charge >= 0.3 is 0 Å². The fraction of sp³-hybridized carbons (Fsp3) is 0.833. The van der Waals surface area contributed by atoms with Crippen molar-refractivity contribution in [1.82, 2.24) is 0 Å². The molecule has 0 N–H and O–H groups in total. The number of hydrogen-bond acceptors (Lipinski definition) is 2.